The van der Waals surface area contributed by atoms with Crippen molar-refractivity contribution in [2.75, 3.05) is 0 Å². The number of benzene rings is 1. The van der Waals surface area contributed by atoms with Crippen molar-refractivity contribution >= 4 is 23.2 Å². The zero-order valence-electron chi connectivity index (χ0n) is 11.2. The number of halogens is 2. The molecule has 1 atom stereocenters. The highest BCUT2D eigenvalue weighted by atomic mass is 35.5. The molecule has 1 aromatic rings. The standard InChI is InChI=1S/C15H21Cl2NO/c1-10(18-11-5-7-12(19)8-6-11)9-13-14(16)3-2-4-15(13)17/h2-4,10-12,18-19H,5-9H2,1H3. The molecule has 1 aliphatic carbocycles. The van der Waals surface area contributed by atoms with Gasteiger partial charge in [-0.2, -0.15) is 0 Å². The quantitative estimate of drug-likeness (QED) is 0.886. The van der Waals surface area contributed by atoms with E-state index in [0.29, 0.717) is 12.1 Å². The Hall–Kier alpha value is -0.280. The van der Waals surface area contributed by atoms with Crippen molar-refractivity contribution in [1.29, 1.82) is 0 Å². The summed E-state index contributed by atoms with van der Waals surface area (Å²) in [6.45, 7) is 2.16. The van der Waals surface area contributed by atoms with Crippen LogP contribution in [0.5, 0.6) is 0 Å². The Kier molecular flexibility index (Phi) is 5.52. The molecule has 0 aromatic heterocycles. The predicted octanol–water partition coefficient (Wildman–Crippen LogP) is 3.82. The maximum absolute atomic E-state index is 9.51. The van der Waals surface area contributed by atoms with E-state index in [4.69, 9.17) is 23.2 Å². The number of aliphatic hydroxyl groups is 1. The molecular formula is C15H21Cl2NO. The third-order valence-electron chi connectivity index (χ3n) is 3.79. The number of hydrogen-bond acceptors (Lipinski definition) is 2. The number of rotatable bonds is 4. The Balaban J connectivity index is 1.89. The SMILES string of the molecule is CC(Cc1c(Cl)cccc1Cl)NC1CCC(O)CC1. The van der Waals surface area contributed by atoms with Gasteiger partial charge in [0.25, 0.3) is 0 Å². The Morgan fingerprint density at radius 3 is 2.37 bits per heavy atom. The van der Waals surface area contributed by atoms with Crippen molar-refractivity contribution in [3.8, 4) is 0 Å². The molecule has 1 saturated carbocycles. The maximum Gasteiger partial charge on any atom is 0.0541 e. The Labute approximate surface area is 125 Å². The van der Waals surface area contributed by atoms with Gasteiger partial charge < -0.3 is 10.4 Å². The third-order valence-corrected chi connectivity index (χ3v) is 4.50. The summed E-state index contributed by atoms with van der Waals surface area (Å²) in [7, 11) is 0. The molecule has 0 aliphatic heterocycles. The van der Waals surface area contributed by atoms with Crippen molar-refractivity contribution in [2.45, 2.75) is 57.2 Å². The van der Waals surface area contributed by atoms with Crippen LogP contribution >= 0.6 is 23.2 Å². The summed E-state index contributed by atoms with van der Waals surface area (Å²) in [6, 6.07) is 6.46. The van der Waals surface area contributed by atoms with Gasteiger partial charge in [-0.25, -0.2) is 0 Å². The number of aliphatic hydroxyl groups excluding tert-OH is 1. The van der Waals surface area contributed by atoms with E-state index in [-0.39, 0.29) is 6.10 Å². The van der Waals surface area contributed by atoms with E-state index in [1.54, 1.807) is 0 Å². The van der Waals surface area contributed by atoms with E-state index in [0.717, 1.165) is 47.7 Å². The highest BCUT2D eigenvalue weighted by Gasteiger charge is 2.21. The lowest BCUT2D eigenvalue weighted by Crippen LogP contribution is -2.40. The molecule has 0 bridgehead atoms. The highest BCUT2D eigenvalue weighted by molar-refractivity contribution is 6.35. The summed E-state index contributed by atoms with van der Waals surface area (Å²) >= 11 is 12.4. The molecule has 0 amide bonds. The Morgan fingerprint density at radius 1 is 1.21 bits per heavy atom. The van der Waals surface area contributed by atoms with E-state index in [9.17, 15) is 5.11 Å². The van der Waals surface area contributed by atoms with Gasteiger partial charge in [-0.05, 0) is 56.7 Å². The van der Waals surface area contributed by atoms with Crippen LogP contribution in [0.3, 0.4) is 0 Å². The van der Waals surface area contributed by atoms with Gasteiger partial charge in [0, 0.05) is 22.1 Å². The Morgan fingerprint density at radius 2 is 1.79 bits per heavy atom. The molecule has 1 aliphatic rings. The van der Waals surface area contributed by atoms with Crippen molar-refractivity contribution in [3.63, 3.8) is 0 Å². The normalized spacial score (nSPS) is 25.3. The summed E-state index contributed by atoms with van der Waals surface area (Å²) in [6.07, 6.45) is 4.61. The fraction of sp³-hybridized carbons (Fsp3) is 0.600. The number of nitrogens with one attached hydrogen (secondary N) is 1. The molecule has 2 rings (SSSR count). The molecule has 1 unspecified atom stereocenters. The molecule has 0 heterocycles. The molecule has 2 nitrogen and oxygen atoms in total. The minimum Gasteiger partial charge on any atom is -0.393 e. The second-order valence-electron chi connectivity index (χ2n) is 5.48. The lowest BCUT2D eigenvalue weighted by atomic mass is 9.92. The van der Waals surface area contributed by atoms with Gasteiger partial charge in [0.15, 0.2) is 0 Å². The van der Waals surface area contributed by atoms with Gasteiger partial charge >= 0.3 is 0 Å². The average molecular weight is 302 g/mol. The topological polar surface area (TPSA) is 32.3 Å². The van der Waals surface area contributed by atoms with Crippen LogP contribution in [0.4, 0.5) is 0 Å². The van der Waals surface area contributed by atoms with Gasteiger partial charge in [0.2, 0.25) is 0 Å². The summed E-state index contributed by atoms with van der Waals surface area (Å²) in [5.74, 6) is 0. The van der Waals surface area contributed by atoms with Crippen LogP contribution in [0.2, 0.25) is 10.0 Å². The van der Waals surface area contributed by atoms with Crippen LogP contribution < -0.4 is 5.32 Å². The molecule has 1 aromatic carbocycles. The van der Waals surface area contributed by atoms with Gasteiger partial charge in [-0.1, -0.05) is 29.3 Å². The summed E-state index contributed by atoms with van der Waals surface area (Å²) in [4.78, 5) is 0. The smallest absolute Gasteiger partial charge is 0.0541 e. The van der Waals surface area contributed by atoms with Crippen molar-refractivity contribution in [2.24, 2.45) is 0 Å². The number of hydrogen-bond donors (Lipinski definition) is 2. The van der Waals surface area contributed by atoms with Crippen LogP contribution in [0.1, 0.15) is 38.2 Å². The van der Waals surface area contributed by atoms with E-state index in [1.807, 2.05) is 18.2 Å². The van der Waals surface area contributed by atoms with Crippen LogP contribution in [0.15, 0.2) is 18.2 Å². The highest BCUT2D eigenvalue weighted by Crippen LogP contribution is 2.26. The first-order valence-corrected chi connectivity index (χ1v) is 7.69. The summed E-state index contributed by atoms with van der Waals surface area (Å²) in [5.41, 5.74) is 1.02. The molecule has 1 fully saturated rings. The third kappa shape index (κ3) is 4.35. The van der Waals surface area contributed by atoms with Gasteiger partial charge in [0.05, 0.1) is 6.10 Å². The van der Waals surface area contributed by atoms with E-state index in [2.05, 4.69) is 12.2 Å². The fourth-order valence-corrected chi connectivity index (χ4v) is 3.29. The average Bonchev–Trinajstić information content (AvgIpc) is 2.37. The van der Waals surface area contributed by atoms with Gasteiger partial charge in [-0.3, -0.25) is 0 Å². The van der Waals surface area contributed by atoms with Crippen LogP contribution in [0.25, 0.3) is 0 Å². The van der Waals surface area contributed by atoms with Crippen molar-refractivity contribution in [3.05, 3.63) is 33.8 Å². The van der Waals surface area contributed by atoms with Gasteiger partial charge in [0.1, 0.15) is 0 Å². The van der Waals surface area contributed by atoms with E-state index in [1.165, 1.54) is 0 Å². The minimum absolute atomic E-state index is 0.105. The van der Waals surface area contributed by atoms with Gasteiger partial charge in [-0.15, -0.1) is 0 Å². The zero-order chi connectivity index (χ0) is 13.8. The maximum atomic E-state index is 9.51. The van der Waals surface area contributed by atoms with E-state index < -0.39 is 0 Å². The molecule has 19 heavy (non-hydrogen) atoms. The van der Waals surface area contributed by atoms with Crippen LogP contribution in [-0.4, -0.2) is 23.3 Å². The summed E-state index contributed by atoms with van der Waals surface area (Å²) < 4.78 is 0. The van der Waals surface area contributed by atoms with Crippen LogP contribution in [-0.2, 0) is 6.42 Å². The first-order valence-electron chi connectivity index (χ1n) is 6.93. The van der Waals surface area contributed by atoms with Crippen molar-refractivity contribution in [1.82, 2.24) is 5.32 Å². The lowest BCUT2D eigenvalue weighted by molar-refractivity contribution is 0.114. The zero-order valence-corrected chi connectivity index (χ0v) is 12.7. The van der Waals surface area contributed by atoms with Crippen molar-refractivity contribution < 1.29 is 5.11 Å². The lowest BCUT2D eigenvalue weighted by Gasteiger charge is -2.29. The largest absolute Gasteiger partial charge is 0.393 e. The second kappa shape index (κ2) is 6.94. The Bertz CT molecular complexity index is 396. The van der Waals surface area contributed by atoms with Crippen LogP contribution in [0, 0.1) is 0 Å². The molecule has 0 spiro atoms. The predicted molar refractivity (Wildman–Crippen MR) is 81.0 cm³/mol. The first kappa shape index (κ1) is 15.1. The summed E-state index contributed by atoms with van der Waals surface area (Å²) in [5, 5.41) is 14.6. The molecule has 2 N–H and O–H groups in total. The van der Waals surface area contributed by atoms with E-state index >= 15 is 0 Å². The molecule has 0 saturated heterocycles. The molecule has 4 heteroatoms. The molecular weight excluding hydrogens is 281 g/mol. The first-order chi connectivity index (χ1) is 9.06. The monoisotopic (exact) mass is 301 g/mol. The molecule has 0 radical (unpaired) electrons. The fourth-order valence-electron chi connectivity index (χ4n) is 2.74. The minimum atomic E-state index is -0.105. The molecule has 106 valence electrons. The second-order valence-corrected chi connectivity index (χ2v) is 6.29.